The van der Waals surface area contributed by atoms with Gasteiger partial charge in [0.1, 0.15) is 5.82 Å². The number of rotatable bonds is 4. The Morgan fingerprint density at radius 2 is 2.22 bits per heavy atom. The second-order valence-corrected chi connectivity index (χ2v) is 7.62. The number of aliphatic hydroxyl groups is 1. The number of anilines is 1. The van der Waals surface area contributed by atoms with Crippen LogP contribution < -0.4 is 5.32 Å². The number of carbonyl (C=O) groups excluding carboxylic acids is 1. The highest BCUT2D eigenvalue weighted by Crippen LogP contribution is 2.33. The fraction of sp³-hybridized carbons (Fsp3) is 0.389. The number of likely N-dealkylation sites (tertiary alicyclic amines) is 1. The summed E-state index contributed by atoms with van der Waals surface area (Å²) in [5.74, 6) is -0.180. The molecule has 0 unspecified atom stereocenters. The van der Waals surface area contributed by atoms with Crippen LogP contribution in [0.3, 0.4) is 0 Å². The van der Waals surface area contributed by atoms with Crippen molar-refractivity contribution < 1.29 is 18.8 Å². The van der Waals surface area contributed by atoms with Crippen LogP contribution in [0.25, 0.3) is 11.0 Å². The Morgan fingerprint density at radius 3 is 3.00 bits per heavy atom. The number of amides is 2. The summed E-state index contributed by atoms with van der Waals surface area (Å²) in [4.78, 5) is 19.3. The molecule has 2 aromatic heterocycles. The fourth-order valence-electron chi connectivity index (χ4n) is 3.34. The second kappa shape index (κ2) is 7.61. The van der Waals surface area contributed by atoms with Gasteiger partial charge in [-0.2, -0.15) is 0 Å². The quantitative estimate of drug-likeness (QED) is 0.713. The molecule has 2 N–H and O–H groups in total. The van der Waals surface area contributed by atoms with E-state index >= 15 is 0 Å². The lowest BCUT2D eigenvalue weighted by Gasteiger charge is -2.30. The Hall–Kier alpha value is -2.52. The highest BCUT2D eigenvalue weighted by atomic mass is 32.1. The minimum Gasteiger partial charge on any atom is -0.396 e. The summed E-state index contributed by atoms with van der Waals surface area (Å²) in [7, 11) is 0. The maximum atomic E-state index is 13.5. The number of fused-ring (bicyclic) bond motifs is 1. The molecule has 9 heteroatoms. The van der Waals surface area contributed by atoms with Crippen LogP contribution in [0, 0.1) is 5.82 Å². The first-order chi connectivity index (χ1) is 13.1. The van der Waals surface area contributed by atoms with Gasteiger partial charge < -0.3 is 14.5 Å². The molecule has 3 aromatic rings. The molecular weight excluding hydrogens is 371 g/mol. The predicted molar refractivity (Wildman–Crippen MR) is 99.4 cm³/mol. The summed E-state index contributed by atoms with van der Waals surface area (Å²) in [5.41, 5.74) is 1.34. The van der Waals surface area contributed by atoms with E-state index in [1.165, 1.54) is 23.5 Å². The Kier molecular flexibility index (Phi) is 5.04. The zero-order valence-electron chi connectivity index (χ0n) is 14.5. The summed E-state index contributed by atoms with van der Waals surface area (Å²) in [6, 6.07) is 4.21. The molecule has 0 atom stereocenters. The molecule has 0 spiro atoms. The van der Waals surface area contributed by atoms with Crippen LogP contribution in [0.5, 0.6) is 0 Å². The molecule has 0 radical (unpaired) electrons. The molecule has 0 aliphatic carbocycles. The van der Waals surface area contributed by atoms with Crippen molar-refractivity contribution in [3.63, 3.8) is 0 Å². The molecule has 1 aromatic carbocycles. The van der Waals surface area contributed by atoms with Crippen molar-refractivity contribution >= 4 is 33.5 Å². The van der Waals surface area contributed by atoms with Crippen molar-refractivity contribution in [1.29, 1.82) is 0 Å². The summed E-state index contributed by atoms with van der Waals surface area (Å²) < 4.78 is 18.8. The van der Waals surface area contributed by atoms with Gasteiger partial charge in [-0.15, -0.1) is 11.3 Å². The number of nitrogens with zero attached hydrogens (tertiary/aromatic N) is 3. The van der Waals surface area contributed by atoms with Crippen molar-refractivity contribution in [2.24, 2.45) is 0 Å². The van der Waals surface area contributed by atoms with Crippen LogP contribution in [0.15, 0.2) is 28.9 Å². The number of hydrogen-bond acceptors (Lipinski definition) is 6. The van der Waals surface area contributed by atoms with Crippen molar-refractivity contribution in [2.45, 2.75) is 25.2 Å². The van der Waals surface area contributed by atoms with Gasteiger partial charge in [-0.25, -0.2) is 14.2 Å². The third-order valence-electron chi connectivity index (χ3n) is 4.75. The molecule has 0 saturated carbocycles. The van der Waals surface area contributed by atoms with Gasteiger partial charge in [0.25, 0.3) is 0 Å². The fourth-order valence-corrected chi connectivity index (χ4v) is 4.13. The molecule has 1 fully saturated rings. The molecule has 27 heavy (non-hydrogen) atoms. The Labute approximate surface area is 158 Å². The smallest absolute Gasteiger partial charge is 0.323 e. The first-order valence-electron chi connectivity index (χ1n) is 8.80. The standard InChI is InChI=1S/C18H19FN4O3S/c19-12-1-2-15-14(9-12)16(22-26-15)11-3-6-23(7-4-11)18(25)21-17-20-10-13(27-17)5-8-24/h1-2,9-11,24H,3-8H2,(H,20,21,25). The molecule has 1 saturated heterocycles. The highest BCUT2D eigenvalue weighted by Gasteiger charge is 2.27. The van der Waals surface area contributed by atoms with Crippen molar-refractivity contribution in [2.75, 3.05) is 25.0 Å². The van der Waals surface area contributed by atoms with Crippen LogP contribution in [-0.4, -0.2) is 45.9 Å². The number of aromatic nitrogens is 2. The normalized spacial score (nSPS) is 15.4. The zero-order chi connectivity index (χ0) is 18.8. The van der Waals surface area contributed by atoms with E-state index in [4.69, 9.17) is 9.63 Å². The summed E-state index contributed by atoms with van der Waals surface area (Å²) in [6.45, 7) is 1.22. The van der Waals surface area contributed by atoms with E-state index in [0.29, 0.717) is 35.6 Å². The predicted octanol–water partition coefficient (Wildman–Crippen LogP) is 3.37. The number of nitrogens with one attached hydrogen (secondary N) is 1. The summed E-state index contributed by atoms with van der Waals surface area (Å²) >= 11 is 1.36. The van der Waals surface area contributed by atoms with Gasteiger partial charge >= 0.3 is 6.03 Å². The van der Waals surface area contributed by atoms with Crippen LogP contribution in [0.2, 0.25) is 0 Å². The molecule has 3 heterocycles. The van der Waals surface area contributed by atoms with Crippen molar-refractivity contribution in [3.8, 4) is 0 Å². The average Bonchev–Trinajstić information content (AvgIpc) is 3.28. The number of thiazole rings is 1. The van der Waals surface area contributed by atoms with E-state index < -0.39 is 0 Å². The lowest BCUT2D eigenvalue weighted by atomic mass is 9.92. The Balaban J connectivity index is 1.37. The number of benzene rings is 1. The third kappa shape index (κ3) is 3.79. The van der Waals surface area contributed by atoms with Gasteiger partial charge in [0, 0.05) is 48.5 Å². The monoisotopic (exact) mass is 390 g/mol. The minimum atomic E-state index is -0.312. The maximum absolute atomic E-state index is 13.5. The molecule has 4 rings (SSSR count). The van der Waals surface area contributed by atoms with Gasteiger partial charge in [-0.3, -0.25) is 5.32 Å². The number of piperidine rings is 1. The number of carbonyl (C=O) groups is 1. The van der Waals surface area contributed by atoms with Gasteiger partial charge in [-0.1, -0.05) is 5.16 Å². The first-order valence-corrected chi connectivity index (χ1v) is 9.62. The van der Waals surface area contributed by atoms with E-state index in [1.807, 2.05) is 0 Å². The van der Waals surface area contributed by atoms with Crippen LogP contribution in [0.4, 0.5) is 14.3 Å². The first kappa shape index (κ1) is 17.9. The molecule has 1 aliphatic heterocycles. The van der Waals surface area contributed by atoms with Crippen LogP contribution in [0.1, 0.15) is 29.3 Å². The van der Waals surface area contributed by atoms with Crippen molar-refractivity contribution in [3.05, 3.63) is 40.8 Å². The summed E-state index contributed by atoms with van der Waals surface area (Å²) in [6.07, 6.45) is 3.67. The highest BCUT2D eigenvalue weighted by molar-refractivity contribution is 7.15. The number of urea groups is 1. The minimum absolute atomic E-state index is 0.0592. The van der Waals surface area contributed by atoms with Crippen LogP contribution in [-0.2, 0) is 6.42 Å². The Bertz CT molecular complexity index is 949. The molecule has 7 nitrogen and oxygen atoms in total. The van der Waals surface area contributed by atoms with E-state index in [0.717, 1.165) is 23.4 Å². The third-order valence-corrected chi connectivity index (χ3v) is 5.73. The van der Waals surface area contributed by atoms with Gasteiger partial charge in [0.2, 0.25) is 0 Å². The second-order valence-electron chi connectivity index (χ2n) is 6.51. The van der Waals surface area contributed by atoms with Gasteiger partial charge in [0.05, 0.1) is 5.69 Å². The van der Waals surface area contributed by atoms with Crippen LogP contribution >= 0.6 is 11.3 Å². The van der Waals surface area contributed by atoms with E-state index in [1.54, 1.807) is 17.2 Å². The Morgan fingerprint density at radius 1 is 1.41 bits per heavy atom. The van der Waals surface area contributed by atoms with E-state index in [9.17, 15) is 9.18 Å². The molecule has 1 aliphatic rings. The van der Waals surface area contributed by atoms with Gasteiger partial charge in [0.15, 0.2) is 10.7 Å². The maximum Gasteiger partial charge on any atom is 0.323 e. The number of aliphatic hydroxyl groups excluding tert-OH is 1. The van der Waals surface area contributed by atoms with Crippen molar-refractivity contribution in [1.82, 2.24) is 15.0 Å². The molecule has 142 valence electrons. The molecule has 0 bridgehead atoms. The largest absolute Gasteiger partial charge is 0.396 e. The van der Waals surface area contributed by atoms with Gasteiger partial charge in [-0.05, 0) is 31.0 Å². The van der Waals surface area contributed by atoms with E-state index in [-0.39, 0.29) is 24.4 Å². The molecular formula is C18H19FN4O3S. The topological polar surface area (TPSA) is 91.5 Å². The zero-order valence-corrected chi connectivity index (χ0v) is 15.3. The number of hydrogen-bond donors (Lipinski definition) is 2. The lowest BCUT2D eigenvalue weighted by Crippen LogP contribution is -2.40. The molecule has 2 amide bonds. The SMILES string of the molecule is O=C(Nc1ncc(CCO)s1)N1CCC(c2noc3ccc(F)cc23)CC1. The average molecular weight is 390 g/mol. The summed E-state index contributed by atoms with van der Waals surface area (Å²) in [5, 5.41) is 17.1. The van der Waals surface area contributed by atoms with E-state index in [2.05, 4.69) is 15.5 Å². The lowest BCUT2D eigenvalue weighted by molar-refractivity contribution is 0.193. The number of halogens is 1.